The minimum absolute atomic E-state index is 0.788. The molecular weight excluding hydrogens is 242 g/mol. The zero-order valence-electron chi connectivity index (χ0n) is 10.3. The van der Waals surface area contributed by atoms with Crippen molar-refractivity contribution in [3.05, 3.63) is 41.3 Å². The van der Waals surface area contributed by atoms with Crippen LogP contribution in [0.25, 0.3) is 11.3 Å². The summed E-state index contributed by atoms with van der Waals surface area (Å²) in [6.45, 7) is 2.18. The number of piperidine rings is 1. The number of imidazole rings is 1. The number of hydrogen-bond donors (Lipinski definition) is 1. The van der Waals surface area contributed by atoms with Gasteiger partial charge in [0.25, 0.3) is 0 Å². The number of nitrogens with one attached hydrogen (secondary N) is 1. The summed E-state index contributed by atoms with van der Waals surface area (Å²) in [7, 11) is 0. The van der Waals surface area contributed by atoms with E-state index < -0.39 is 0 Å². The fraction of sp³-hybridized carbons (Fsp3) is 0.357. The van der Waals surface area contributed by atoms with Crippen LogP contribution in [0.15, 0.2) is 36.5 Å². The van der Waals surface area contributed by atoms with Crippen LogP contribution in [0.3, 0.4) is 0 Å². The number of H-pyrrole nitrogens is 1. The standard InChI is InChI=1S/C14H17N3S/c18-14-15-11-13(12-7-3-1-4-8-12)17(14)16-9-5-2-6-10-16/h1,3-4,7-8,11H,2,5-6,9-10H2,(H,15,18). The molecule has 1 aromatic heterocycles. The highest BCUT2D eigenvalue weighted by Gasteiger charge is 2.15. The van der Waals surface area contributed by atoms with E-state index in [2.05, 4.69) is 38.9 Å². The van der Waals surface area contributed by atoms with Crippen molar-refractivity contribution >= 4 is 12.2 Å². The lowest BCUT2D eigenvalue weighted by Crippen LogP contribution is -2.39. The summed E-state index contributed by atoms with van der Waals surface area (Å²) < 4.78 is 2.94. The van der Waals surface area contributed by atoms with E-state index in [4.69, 9.17) is 12.2 Å². The van der Waals surface area contributed by atoms with Crippen molar-refractivity contribution in [1.82, 2.24) is 9.66 Å². The van der Waals surface area contributed by atoms with Gasteiger partial charge in [-0.2, -0.15) is 0 Å². The monoisotopic (exact) mass is 259 g/mol. The van der Waals surface area contributed by atoms with Gasteiger partial charge >= 0.3 is 0 Å². The van der Waals surface area contributed by atoms with E-state index in [-0.39, 0.29) is 0 Å². The lowest BCUT2D eigenvalue weighted by Gasteiger charge is -2.30. The molecule has 3 nitrogen and oxygen atoms in total. The van der Waals surface area contributed by atoms with Crippen molar-refractivity contribution < 1.29 is 0 Å². The molecule has 18 heavy (non-hydrogen) atoms. The Bertz CT molecular complexity index is 564. The molecule has 2 heterocycles. The summed E-state index contributed by atoms with van der Waals surface area (Å²) in [5, 5.41) is 2.35. The third-order valence-electron chi connectivity index (χ3n) is 3.44. The van der Waals surface area contributed by atoms with Gasteiger partial charge in [0.05, 0.1) is 5.69 Å². The fourth-order valence-electron chi connectivity index (χ4n) is 2.53. The van der Waals surface area contributed by atoms with Gasteiger partial charge in [0.1, 0.15) is 0 Å². The molecule has 0 bridgehead atoms. The summed E-state index contributed by atoms with van der Waals surface area (Å²) in [5.74, 6) is 0. The topological polar surface area (TPSA) is 24.0 Å². The molecule has 0 radical (unpaired) electrons. The molecule has 0 atom stereocenters. The Labute approximate surface area is 112 Å². The van der Waals surface area contributed by atoms with E-state index in [0.717, 1.165) is 23.6 Å². The molecular formula is C14H17N3S. The third-order valence-corrected chi connectivity index (χ3v) is 3.73. The molecule has 1 fully saturated rings. The highest BCUT2D eigenvalue weighted by atomic mass is 32.1. The van der Waals surface area contributed by atoms with Crippen molar-refractivity contribution in [1.29, 1.82) is 0 Å². The molecule has 0 spiro atoms. The first-order valence-corrected chi connectivity index (χ1v) is 6.88. The average Bonchev–Trinajstić information content (AvgIpc) is 2.83. The second-order valence-electron chi connectivity index (χ2n) is 4.67. The summed E-state index contributed by atoms with van der Waals surface area (Å²) in [4.78, 5) is 3.17. The van der Waals surface area contributed by atoms with Crippen molar-refractivity contribution in [3.8, 4) is 11.3 Å². The SMILES string of the molecule is S=c1[nH]cc(-c2ccccc2)n1N1CCCCC1. The number of nitrogens with zero attached hydrogens (tertiary/aromatic N) is 2. The molecule has 94 valence electrons. The van der Waals surface area contributed by atoms with Crippen molar-refractivity contribution in [2.24, 2.45) is 0 Å². The second kappa shape index (κ2) is 4.98. The second-order valence-corrected chi connectivity index (χ2v) is 5.06. The van der Waals surface area contributed by atoms with E-state index in [1.54, 1.807) is 0 Å². The van der Waals surface area contributed by atoms with E-state index in [1.807, 2.05) is 12.3 Å². The molecule has 0 unspecified atom stereocenters. The van der Waals surface area contributed by atoms with Gasteiger partial charge in [-0.3, -0.25) is 0 Å². The quantitative estimate of drug-likeness (QED) is 0.836. The smallest absolute Gasteiger partial charge is 0.196 e. The molecule has 1 N–H and O–H groups in total. The van der Waals surface area contributed by atoms with Crippen LogP contribution in [-0.2, 0) is 0 Å². The van der Waals surface area contributed by atoms with Gasteiger partial charge in [0.15, 0.2) is 4.77 Å². The molecule has 2 aromatic rings. The van der Waals surface area contributed by atoms with Gasteiger partial charge in [0.2, 0.25) is 0 Å². The Morgan fingerprint density at radius 3 is 2.44 bits per heavy atom. The molecule has 4 heteroatoms. The van der Waals surface area contributed by atoms with Crippen molar-refractivity contribution in [2.45, 2.75) is 19.3 Å². The number of aromatic nitrogens is 2. The van der Waals surface area contributed by atoms with E-state index >= 15 is 0 Å². The maximum atomic E-state index is 5.42. The molecule has 1 aliphatic heterocycles. The summed E-state index contributed by atoms with van der Waals surface area (Å²) in [6.07, 6.45) is 5.84. The molecule has 1 aromatic carbocycles. The summed E-state index contributed by atoms with van der Waals surface area (Å²) >= 11 is 5.42. The lowest BCUT2D eigenvalue weighted by molar-refractivity contribution is 0.478. The minimum atomic E-state index is 0.788. The fourth-order valence-corrected chi connectivity index (χ4v) is 2.81. The Morgan fingerprint density at radius 1 is 1.00 bits per heavy atom. The normalized spacial score (nSPS) is 15.9. The highest BCUT2D eigenvalue weighted by Crippen LogP contribution is 2.21. The van der Waals surface area contributed by atoms with Crippen molar-refractivity contribution in [3.63, 3.8) is 0 Å². The molecule has 3 rings (SSSR count). The van der Waals surface area contributed by atoms with Crippen LogP contribution in [-0.4, -0.2) is 22.7 Å². The first kappa shape index (κ1) is 11.5. The summed E-state index contributed by atoms with van der Waals surface area (Å²) in [6, 6.07) is 10.4. The predicted molar refractivity (Wildman–Crippen MR) is 76.9 cm³/mol. The zero-order chi connectivity index (χ0) is 12.4. The third kappa shape index (κ3) is 2.08. The van der Waals surface area contributed by atoms with Crippen LogP contribution >= 0.6 is 12.2 Å². The molecule has 0 aliphatic carbocycles. The number of hydrogen-bond acceptors (Lipinski definition) is 2. The first-order valence-electron chi connectivity index (χ1n) is 6.47. The van der Waals surface area contributed by atoms with Gasteiger partial charge < -0.3 is 9.99 Å². The molecule has 1 aliphatic rings. The van der Waals surface area contributed by atoms with Crippen LogP contribution in [0.4, 0.5) is 0 Å². The maximum Gasteiger partial charge on any atom is 0.196 e. The number of aromatic amines is 1. The molecule has 1 saturated heterocycles. The lowest BCUT2D eigenvalue weighted by atomic mass is 10.1. The van der Waals surface area contributed by atoms with E-state index in [1.165, 1.54) is 24.8 Å². The van der Waals surface area contributed by atoms with Crippen LogP contribution in [0.5, 0.6) is 0 Å². The predicted octanol–water partition coefficient (Wildman–Crippen LogP) is 3.33. The zero-order valence-corrected chi connectivity index (χ0v) is 11.1. The van der Waals surface area contributed by atoms with E-state index in [0.29, 0.717) is 0 Å². The van der Waals surface area contributed by atoms with Crippen LogP contribution < -0.4 is 5.01 Å². The summed E-state index contributed by atoms with van der Waals surface area (Å²) in [5.41, 5.74) is 2.36. The Balaban J connectivity index is 2.03. The van der Waals surface area contributed by atoms with Crippen LogP contribution in [0, 0.1) is 4.77 Å². The largest absolute Gasteiger partial charge is 0.335 e. The Kier molecular flexibility index (Phi) is 3.19. The average molecular weight is 259 g/mol. The van der Waals surface area contributed by atoms with Gasteiger partial charge in [0, 0.05) is 24.8 Å². The Hall–Kier alpha value is -1.55. The number of rotatable bonds is 2. The molecule has 0 saturated carbocycles. The molecule has 0 amide bonds. The number of benzene rings is 1. The van der Waals surface area contributed by atoms with Crippen LogP contribution in [0.1, 0.15) is 19.3 Å². The first-order chi connectivity index (χ1) is 8.86. The van der Waals surface area contributed by atoms with Gasteiger partial charge in [-0.15, -0.1) is 0 Å². The van der Waals surface area contributed by atoms with Crippen LogP contribution in [0.2, 0.25) is 0 Å². The maximum absolute atomic E-state index is 5.42. The minimum Gasteiger partial charge on any atom is -0.335 e. The highest BCUT2D eigenvalue weighted by molar-refractivity contribution is 7.71. The Morgan fingerprint density at radius 2 is 1.72 bits per heavy atom. The van der Waals surface area contributed by atoms with Gasteiger partial charge in [-0.05, 0) is 31.5 Å². The van der Waals surface area contributed by atoms with Gasteiger partial charge in [-0.1, -0.05) is 30.3 Å². The van der Waals surface area contributed by atoms with E-state index in [9.17, 15) is 0 Å². The van der Waals surface area contributed by atoms with Gasteiger partial charge in [-0.25, -0.2) is 4.68 Å². The van der Waals surface area contributed by atoms with Crippen molar-refractivity contribution in [2.75, 3.05) is 18.1 Å².